The number of carboxylic acid groups (broad SMARTS) is 1. The molecule has 0 saturated heterocycles. The Labute approximate surface area is 97.8 Å². The van der Waals surface area contributed by atoms with Crippen molar-refractivity contribution in [1.82, 2.24) is 4.90 Å². The van der Waals surface area contributed by atoms with Gasteiger partial charge in [0.2, 0.25) is 0 Å². The van der Waals surface area contributed by atoms with Crippen molar-refractivity contribution in [3.05, 3.63) is 35.9 Å². The molecule has 15 heavy (non-hydrogen) atoms. The molecule has 82 valence electrons. The summed E-state index contributed by atoms with van der Waals surface area (Å²) in [6.45, 7) is 1.03. The van der Waals surface area contributed by atoms with E-state index >= 15 is 0 Å². The van der Waals surface area contributed by atoms with Crippen LogP contribution in [0.3, 0.4) is 0 Å². The molecule has 0 aromatic heterocycles. The minimum atomic E-state index is -0.861. The Bertz CT molecular complexity index is 303. The van der Waals surface area contributed by atoms with Crippen molar-refractivity contribution >= 4 is 22.0 Å². The van der Waals surface area contributed by atoms with E-state index in [1.807, 2.05) is 30.3 Å². The fraction of sp³-hybridized carbons (Fsp3) is 0.364. The van der Waals surface area contributed by atoms with Gasteiger partial charge < -0.3 is 10.0 Å². The van der Waals surface area contributed by atoms with Gasteiger partial charge in [-0.2, -0.15) is 0 Å². The first-order valence-corrected chi connectivity index (χ1v) is 5.94. The number of rotatable bonds is 5. The molecule has 1 rings (SSSR count). The standard InChI is InChI=1S/C11H14BrNO2/c12-7-4-8-13(11(14)15)9-10-5-2-1-3-6-10/h1-3,5-6H,4,7-9H2,(H,14,15). The smallest absolute Gasteiger partial charge is 0.407 e. The summed E-state index contributed by atoms with van der Waals surface area (Å²) in [6, 6.07) is 9.63. The van der Waals surface area contributed by atoms with Crippen molar-refractivity contribution in [1.29, 1.82) is 0 Å². The van der Waals surface area contributed by atoms with Crippen molar-refractivity contribution in [2.24, 2.45) is 0 Å². The van der Waals surface area contributed by atoms with E-state index in [9.17, 15) is 4.79 Å². The molecule has 0 radical (unpaired) electrons. The molecular weight excluding hydrogens is 258 g/mol. The molecule has 1 aromatic carbocycles. The van der Waals surface area contributed by atoms with Gasteiger partial charge in [0.15, 0.2) is 0 Å². The van der Waals surface area contributed by atoms with Gasteiger partial charge in [0, 0.05) is 18.4 Å². The summed E-state index contributed by atoms with van der Waals surface area (Å²) in [5.74, 6) is 0. The number of amides is 1. The number of alkyl halides is 1. The molecule has 0 atom stereocenters. The molecule has 0 saturated carbocycles. The number of hydrogen-bond acceptors (Lipinski definition) is 1. The van der Waals surface area contributed by atoms with Crippen LogP contribution in [-0.4, -0.2) is 28.0 Å². The quantitative estimate of drug-likeness (QED) is 0.837. The SMILES string of the molecule is O=C(O)N(CCCBr)Cc1ccccc1. The van der Waals surface area contributed by atoms with Crippen LogP contribution in [0.15, 0.2) is 30.3 Å². The lowest BCUT2D eigenvalue weighted by atomic mass is 10.2. The lowest BCUT2D eigenvalue weighted by molar-refractivity contribution is 0.142. The fourth-order valence-electron chi connectivity index (χ4n) is 1.30. The van der Waals surface area contributed by atoms with Crippen LogP contribution in [0.1, 0.15) is 12.0 Å². The largest absolute Gasteiger partial charge is 0.465 e. The molecule has 4 heteroatoms. The summed E-state index contributed by atoms with van der Waals surface area (Å²) in [5, 5.41) is 9.80. The molecule has 3 nitrogen and oxygen atoms in total. The Morgan fingerprint density at radius 2 is 2.00 bits per heavy atom. The van der Waals surface area contributed by atoms with Gasteiger partial charge in [0.05, 0.1) is 0 Å². The fourth-order valence-corrected chi connectivity index (χ4v) is 1.55. The zero-order valence-electron chi connectivity index (χ0n) is 8.40. The van der Waals surface area contributed by atoms with Crippen LogP contribution in [0.4, 0.5) is 4.79 Å². The topological polar surface area (TPSA) is 40.5 Å². The number of carbonyl (C=O) groups is 1. The highest BCUT2D eigenvalue weighted by molar-refractivity contribution is 9.09. The second-order valence-corrected chi connectivity index (χ2v) is 4.03. The lowest BCUT2D eigenvalue weighted by Gasteiger charge is -2.18. The molecule has 0 heterocycles. The van der Waals surface area contributed by atoms with Gasteiger partial charge in [0.1, 0.15) is 0 Å². The molecule has 0 aliphatic heterocycles. The summed E-state index contributed by atoms with van der Waals surface area (Å²) in [5.41, 5.74) is 1.02. The van der Waals surface area contributed by atoms with Crippen LogP contribution in [0.5, 0.6) is 0 Å². The summed E-state index contributed by atoms with van der Waals surface area (Å²) in [4.78, 5) is 12.3. The molecule has 0 fully saturated rings. The number of nitrogens with zero attached hydrogens (tertiary/aromatic N) is 1. The summed E-state index contributed by atoms with van der Waals surface area (Å²) < 4.78 is 0. The zero-order chi connectivity index (χ0) is 11.1. The molecule has 0 aliphatic rings. The minimum absolute atomic E-state index is 0.461. The van der Waals surface area contributed by atoms with E-state index in [-0.39, 0.29) is 0 Å². The van der Waals surface area contributed by atoms with Crippen LogP contribution in [-0.2, 0) is 6.54 Å². The highest BCUT2D eigenvalue weighted by Crippen LogP contribution is 2.05. The van der Waals surface area contributed by atoms with Crippen LogP contribution >= 0.6 is 15.9 Å². The third-order valence-electron chi connectivity index (χ3n) is 2.05. The van der Waals surface area contributed by atoms with Gasteiger partial charge in [-0.25, -0.2) is 4.79 Å². The molecular formula is C11H14BrNO2. The summed E-state index contributed by atoms with van der Waals surface area (Å²) in [6.07, 6.45) is -0.0288. The van der Waals surface area contributed by atoms with Gasteiger partial charge in [-0.3, -0.25) is 0 Å². The maximum Gasteiger partial charge on any atom is 0.407 e. The zero-order valence-corrected chi connectivity index (χ0v) is 9.98. The second kappa shape index (κ2) is 6.45. The van der Waals surface area contributed by atoms with Crippen molar-refractivity contribution in [2.75, 3.05) is 11.9 Å². The molecule has 1 aromatic rings. The van der Waals surface area contributed by atoms with Crippen LogP contribution in [0.25, 0.3) is 0 Å². The van der Waals surface area contributed by atoms with E-state index in [2.05, 4.69) is 15.9 Å². The molecule has 0 spiro atoms. The van der Waals surface area contributed by atoms with Crippen LogP contribution in [0, 0.1) is 0 Å². The van der Waals surface area contributed by atoms with Gasteiger partial charge in [-0.15, -0.1) is 0 Å². The van der Waals surface area contributed by atoms with E-state index in [4.69, 9.17) is 5.11 Å². The van der Waals surface area contributed by atoms with E-state index in [0.29, 0.717) is 13.1 Å². The third kappa shape index (κ3) is 4.34. The second-order valence-electron chi connectivity index (χ2n) is 3.23. The maximum absolute atomic E-state index is 10.9. The normalized spacial score (nSPS) is 9.93. The summed E-state index contributed by atoms with van der Waals surface area (Å²) in [7, 11) is 0. The van der Waals surface area contributed by atoms with Gasteiger partial charge in [0.25, 0.3) is 0 Å². The Hall–Kier alpha value is -1.03. The van der Waals surface area contributed by atoms with E-state index in [1.54, 1.807) is 0 Å². The Kier molecular flexibility index (Phi) is 5.18. The van der Waals surface area contributed by atoms with Crippen molar-refractivity contribution < 1.29 is 9.90 Å². The first-order valence-electron chi connectivity index (χ1n) is 4.82. The Morgan fingerprint density at radius 1 is 1.33 bits per heavy atom. The van der Waals surface area contributed by atoms with E-state index in [1.165, 1.54) is 4.90 Å². The van der Waals surface area contributed by atoms with E-state index in [0.717, 1.165) is 17.3 Å². The molecule has 0 bridgehead atoms. The van der Waals surface area contributed by atoms with Gasteiger partial charge >= 0.3 is 6.09 Å². The first-order chi connectivity index (χ1) is 7.24. The van der Waals surface area contributed by atoms with Gasteiger partial charge in [-0.05, 0) is 12.0 Å². The lowest BCUT2D eigenvalue weighted by Crippen LogP contribution is -2.30. The van der Waals surface area contributed by atoms with E-state index < -0.39 is 6.09 Å². The van der Waals surface area contributed by atoms with Crippen LogP contribution in [0.2, 0.25) is 0 Å². The monoisotopic (exact) mass is 271 g/mol. The van der Waals surface area contributed by atoms with Crippen molar-refractivity contribution in [3.63, 3.8) is 0 Å². The first kappa shape index (κ1) is 12.0. The predicted octanol–water partition coefficient (Wildman–Crippen LogP) is 2.95. The van der Waals surface area contributed by atoms with Crippen LogP contribution < -0.4 is 0 Å². The van der Waals surface area contributed by atoms with Crippen molar-refractivity contribution in [3.8, 4) is 0 Å². The van der Waals surface area contributed by atoms with Crippen molar-refractivity contribution in [2.45, 2.75) is 13.0 Å². The highest BCUT2D eigenvalue weighted by atomic mass is 79.9. The average Bonchev–Trinajstić information content (AvgIpc) is 2.25. The third-order valence-corrected chi connectivity index (χ3v) is 2.61. The predicted molar refractivity (Wildman–Crippen MR) is 63.3 cm³/mol. The Balaban J connectivity index is 2.55. The number of hydrogen-bond donors (Lipinski definition) is 1. The highest BCUT2D eigenvalue weighted by Gasteiger charge is 2.10. The Morgan fingerprint density at radius 3 is 2.53 bits per heavy atom. The molecule has 1 N–H and O–H groups in total. The number of halogens is 1. The summed E-state index contributed by atoms with van der Waals surface area (Å²) >= 11 is 3.29. The molecule has 0 unspecified atom stereocenters. The van der Waals surface area contributed by atoms with Gasteiger partial charge in [-0.1, -0.05) is 46.3 Å². The molecule has 0 aliphatic carbocycles. The maximum atomic E-state index is 10.9. The minimum Gasteiger partial charge on any atom is -0.465 e. The number of benzene rings is 1. The molecule has 1 amide bonds. The average molecular weight is 272 g/mol.